The minimum Gasteiger partial charge on any atom is -0.497 e. The number of methoxy groups -OCH3 is 1. The van der Waals surface area contributed by atoms with Gasteiger partial charge in [-0.15, -0.1) is 0 Å². The molecule has 1 aromatic rings. The fourth-order valence-electron chi connectivity index (χ4n) is 2.71. The molecular weight excluding hydrogens is 326 g/mol. The number of rotatable bonds is 7. The lowest BCUT2D eigenvalue weighted by Crippen LogP contribution is -2.22. The number of carbonyl (C=O) groups excluding carboxylic acids is 1. The van der Waals surface area contributed by atoms with Crippen molar-refractivity contribution in [2.75, 3.05) is 13.7 Å². The summed E-state index contributed by atoms with van der Waals surface area (Å²) in [6, 6.07) is 7.50. The van der Waals surface area contributed by atoms with Crippen molar-refractivity contribution in [3.63, 3.8) is 0 Å². The Morgan fingerprint density at radius 2 is 1.92 bits per heavy atom. The Balaban J connectivity index is 1.88. The molecule has 2 N–H and O–H groups in total. The van der Waals surface area contributed by atoms with Crippen LogP contribution in [0.1, 0.15) is 39.7 Å². The number of Topliss-reactive ketones (excluding diaryl/α,β-unsaturated/α-hetero) is 1. The van der Waals surface area contributed by atoms with Gasteiger partial charge >= 0.3 is 0 Å². The fourth-order valence-corrected chi connectivity index (χ4v) is 2.71. The van der Waals surface area contributed by atoms with Crippen LogP contribution in [-0.4, -0.2) is 37.0 Å². The van der Waals surface area contributed by atoms with E-state index in [1.165, 1.54) is 5.57 Å². The van der Waals surface area contributed by atoms with Crippen molar-refractivity contribution in [2.24, 2.45) is 21.1 Å². The van der Waals surface area contributed by atoms with Gasteiger partial charge in [0.05, 0.1) is 25.5 Å². The van der Waals surface area contributed by atoms with Crippen molar-refractivity contribution in [2.45, 2.75) is 46.6 Å². The highest BCUT2D eigenvalue weighted by Gasteiger charge is 2.25. The molecule has 1 heterocycles. The molecule has 0 saturated heterocycles. The second kappa shape index (κ2) is 8.30. The zero-order valence-corrected chi connectivity index (χ0v) is 16.4. The quantitative estimate of drug-likeness (QED) is 0.602. The highest BCUT2D eigenvalue weighted by atomic mass is 16.5. The molecule has 5 heteroatoms. The molecule has 1 unspecified atom stereocenters. The number of nitrogens with zero attached hydrogens (tertiary/aromatic N) is 2. The molecule has 1 aromatic carbocycles. The summed E-state index contributed by atoms with van der Waals surface area (Å²) in [6.45, 7) is 8.60. The summed E-state index contributed by atoms with van der Waals surface area (Å²) in [4.78, 5) is 21.1. The first-order chi connectivity index (χ1) is 12.2. The zero-order valence-electron chi connectivity index (χ0n) is 16.4. The molecule has 0 radical (unpaired) electrons. The summed E-state index contributed by atoms with van der Waals surface area (Å²) in [5, 5.41) is 0. The second-order valence-corrected chi connectivity index (χ2v) is 7.74. The number of allylic oxidation sites excluding steroid dienone is 1. The third-order valence-electron chi connectivity index (χ3n) is 4.37. The van der Waals surface area contributed by atoms with Crippen molar-refractivity contribution < 1.29 is 9.53 Å². The number of ketones is 1. The average Bonchev–Trinajstić information content (AvgIpc) is 2.95. The average molecular weight is 355 g/mol. The molecule has 0 amide bonds. The molecule has 0 aliphatic carbocycles. The lowest BCUT2D eigenvalue weighted by atomic mass is 9.90. The van der Waals surface area contributed by atoms with Crippen LogP contribution in [0.3, 0.4) is 0 Å². The van der Waals surface area contributed by atoms with E-state index >= 15 is 0 Å². The van der Waals surface area contributed by atoms with Crippen LogP contribution >= 0.6 is 0 Å². The molecule has 2 rings (SSSR count). The summed E-state index contributed by atoms with van der Waals surface area (Å²) in [7, 11) is 1.62. The van der Waals surface area contributed by atoms with Crippen LogP contribution in [0.4, 0.5) is 0 Å². The van der Waals surface area contributed by atoms with Crippen molar-refractivity contribution in [3.05, 3.63) is 41.5 Å². The first-order valence-corrected chi connectivity index (χ1v) is 8.89. The van der Waals surface area contributed by atoms with Crippen molar-refractivity contribution in [3.8, 4) is 5.75 Å². The van der Waals surface area contributed by atoms with Crippen molar-refractivity contribution >= 4 is 17.3 Å². The second-order valence-electron chi connectivity index (χ2n) is 7.74. The Labute approximate surface area is 156 Å². The number of benzene rings is 1. The zero-order chi connectivity index (χ0) is 19.3. The van der Waals surface area contributed by atoms with Crippen LogP contribution in [0.5, 0.6) is 5.75 Å². The predicted molar refractivity (Wildman–Crippen MR) is 107 cm³/mol. The lowest BCUT2D eigenvalue weighted by molar-refractivity contribution is -0.117. The van der Waals surface area contributed by atoms with Gasteiger partial charge in [0.25, 0.3) is 0 Å². The fraction of sp³-hybridized carbons (Fsp3) is 0.476. The maximum Gasteiger partial charge on any atom is 0.158 e. The predicted octanol–water partition coefficient (Wildman–Crippen LogP) is 3.37. The van der Waals surface area contributed by atoms with Gasteiger partial charge in [-0.2, -0.15) is 0 Å². The molecule has 1 aliphatic rings. The van der Waals surface area contributed by atoms with Gasteiger partial charge in [-0.25, -0.2) is 0 Å². The molecule has 0 bridgehead atoms. The van der Waals surface area contributed by atoms with E-state index in [0.29, 0.717) is 18.7 Å². The SMILES string of the molecule is COc1ccc(CC(=O)CN=C(N)CC2N=C(C(C)(C)C)C=C2C)cc1. The largest absolute Gasteiger partial charge is 0.497 e. The van der Waals surface area contributed by atoms with Crippen LogP contribution < -0.4 is 10.5 Å². The van der Waals surface area contributed by atoms with E-state index in [-0.39, 0.29) is 23.8 Å². The van der Waals surface area contributed by atoms with E-state index in [4.69, 9.17) is 15.5 Å². The molecule has 0 spiro atoms. The van der Waals surface area contributed by atoms with Gasteiger partial charge in [0.15, 0.2) is 5.78 Å². The lowest BCUT2D eigenvalue weighted by Gasteiger charge is -2.17. The number of hydrogen-bond donors (Lipinski definition) is 1. The molecule has 0 saturated carbocycles. The molecule has 1 aliphatic heterocycles. The van der Waals surface area contributed by atoms with Gasteiger partial charge in [-0.1, -0.05) is 32.9 Å². The standard InChI is InChI=1S/C21H29N3O2/c1-14-10-19(21(2,3)4)24-18(14)12-20(22)23-13-16(25)11-15-6-8-17(26-5)9-7-15/h6-10,18H,11-13H2,1-5H3,(H2,22,23). The molecule has 140 valence electrons. The van der Waals surface area contributed by atoms with Crippen LogP contribution in [0.2, 0.25) is 0 Å². The number of hydrogen-bond acceptors (Lipinski definition) is 4. The topological polar surface area (TPSA) is 77.0 Å². The van der Waals surface area contributed by atoms with E-state index in [0.717, 1.165) is 17.0 Å². The van der Waals surface area contributed by atoms with Crippen LogP contribution in [0.15, 0.2) is 45.9 Å². The van der Waals surface area contributed by atoms with E-state index in [1.807, 2.05) is 24.3 Å². The highest BCUT2D eigenvalue weighted by Crippen LogP contribution is 2.27. The highest BCUT2D eigenvalue weighted by molar-refractivity contribution is 6.02. The minimum absolute atomic E-state index is 0.0241. The Kier molecular flexibility index (Phi) is 6.35. The van der Waals surface area contributed by atoms with Gasteiger partial charge in [0.2, 0.25) is 0 Å². The van der Waals surface area contributed by atoms with E-state index in [2.05, 4.69) is 38.8 Å². The smallest absolute Gasteiger partial charge is 0.158 e. The molecule has 0 fully saturated rings. The maximum absolute atomic E-state index is 12.1. The van der Waals surface area contributed by atoms with Gasteiger partial charge < -0.3 is 10.5 Å². The summed E-state index contributed by atoms with van der Waals surface area (Å²) in [6.07, 6.45) is 3.03. The molecule has 26 heavy (non-hydrogen) atoms. The van der Waals surface area contributed by atoms with Crippen LogP contribution in [0.25, 0.3) is 0 Å². The van der Waals surface area contributed by atoms with E-state index in [9.17, 15) is 4.79 Å². The van der Waals surface area contributed by atoms with E-state index < -0.39 is 0 Å². The third kappa shape index (κ3) is 5.55. The maximum atomic E-state index is 12.1. The number of aliphatic imine (C=N–C) groups is 2. The van der Waals surface area contributed by atoms with E-state index in [1.54, 1.807) is 7.11 Å². The normalized spacial score (nSPS) is 17.7. The van der Waals surface area contributed by atoms with Gasteiger partial charge in [-0.3, -0.25) is 14.8 Å². The summed E-state index contributed by atoms with van der Waals surface area (Å²) in [5.74, 6) is 1.29. The molecule has 5 nitrogen and oxygen atoms in total. The van der Waals surface area contributed by atoms with Crippen molar-refractivity contribution in [1.82, 2.24) is 0 Å². The Hall–Kier alpha value is -2.43. The summed E-state index contributed by atoms with van der Waals surface area (Å²) in [5.41, 5.74) is 9.28. The van der Waals surface area contributed by atoms with Crippen molar-refractivity contribution in [1.29, 1.82) is 0 Å². The number of carbonyl (C=O) groups is 1. The first-order valence-electron chi connectivity index (χ1n) is 8.89. The monoisotopic (exact) mass is 355 g/mol. The van der Waals surface area contributed by atoms with Gasteiger partial charge in [-0.05, 0) is 36.3 Å². The number of amidine groups is 1. The molecular formula is C21H29N3O2. The van der Waals surface area contributed by atoms with Crippen LogP contribution in [0, 0.1) is 5.41 Å². The minimum atomic E-state index is 0.0241. The first kappa shape index (κ1) is 19.9. The molecule has 1 atom stereocenters. The Bertz CT molecular complexity index is 738. The van der Waals surface area contributed by atoms with Gasteiger partial charge in [0.1, 0.15) is 5.75 Å². The van der Waals surface area contributed by atoms with Gasteiger partial charge in [0, 0.05) is 24.0 Å². The number of nitrogens with two attached hydrogens (primary N) is 1. The Morgan fingerprint density at radius 1 is 1.27 bits per heavy atom. The summed E-state index contributed by atoms with van der Waals surface area (Å²) >= 11 is 0. The summed E-state index contributed by atoms with van der Waals surface area (Å²) < 4.78 is 5.12. The Morgan fingerprint density at radius 3 is 2.46 bits per heavy atom. The third-order valence-corrected chi connectivity index (χ3v) is 4.37. The van der Waals surface area contributed by atoms with Crippen LogP contribution in [-0.2, 0) is 11.2 Å². The molecule has 0 aromatic heterocycles. The number of ether oxygens (including phenoxy) is 1.